The fraction of sp³-hybridized carbons (Fsp3) is 0.792. The predicted molar refractivity (Wildman–Crippen MR) is 120 cm³/mol. The van der Waals surface area contributed by atoms with E-state index in [2.05, 4.69) is 5.32 Å². The Morgan fingerprint density at radius 3 is 2.17 bits per heavy atom. The highest BCUT2D eigenvalue weighted by Gasteiger charge is 2.38. The lowest BCUT2D eigenvalue weighted by molar-refractivity contribution is -0.141. The van der Waals surface area contributed by atoms with Crippen LogP contribution in [-0.2, 0) is 19.1 Å². The Bertz CT molecular complexity index is 628. The average molecular weight is 423 g/mol. The number of esters is 1. The van der Waals surface area contributed by atoms with E-state index in [9.17, 15) is 14.4 Å². The number of ether oxygens (including phenoxy) is 1. The van der Waals surface area contributed by atoms with Gasteiger partial charge in [-0.1, -0.05) is 60.0 Å². The highest BCUT2D eigenvalue weighted by molar-refractivity contribution is 5.90. The second-order valence-electron chi connectivity index (χ2n) is 9.90. The molecule has 1 saturated carbocycles. The Hall–Kier alpha value is -1.85. The first-order valence-electron chi connectivity index (χ1n) is 11.3. The first kappa shape index (κ1) is 26.2. The molecule has 0 radical (unpaired) electrons. The third-order valence-corrected chi connectivity index (χ3v) is 5.87. The van der Waals surface area contributed by atoms with E-state index in [1.807, 2.05) is 34.6 Å². The van der Waals surface area contributed by atoms with Crippen molar-refractivity contribution in [1.82, 2.24) is 10.2 Å². The SMILES string of the molecule is CCOC(=O)/C(C)=C/[C@H](C(C)C)N(C)C(=O)[C@@H](NC(=O)C1CCCCC1)C(C)(C)C. The Balaban J connectivity index is 3.06. The summed E-state index contributed by atoms with van der Waals surface area (Å²) in [4.78, 5) is 40.1. The smallest absolute Gasteiger partial charge is 0.333 e. The summed E-state index contributed by atoms with van der Waals surface area (Å²) in [7, 11) is 1.74. The van der Waals surface area contributed by atoms with Gasteiger partial charge in [0.25, 0.3) is 0 Å². The van der Waals surface area contributed by atoms with E-state index in [0.29, 0.717) is 12.2 Å². The summed E-state index contributed by atoms with van der Waals surface area (Å²) >= 11 is 0. The first-order chi connectivity index (χ1) is 13.9. The number of hydrogen-bond donors (Lipinski definition) is 1. The zero-order valence-electron chi connectivity index (χ0n) is 20.2. The Labute approximate surface area is 182 Å². The summed E-state index contributed by atoms with van der Waals surface area (Å²) in [6.45, 7) is 13.7. The number of nitrogens with one attached hydrogen (secondary N) is 1. The molecule has 1 fully saturated rings. The molecular formula is C24H42N2O4. The number of rotatable bonds is 8. The molecule has 1 aliphatic rings. The molecular weight excluding hydrogens is 380 g/mol. The van der Waals surface area contributed by atoms with E-state index >= 15 is 0 Å². The van der Waals surface area contributed by atoms with E-state index < -0.39 is 11.5 Å². The molecule has 172 valence electrons. The number of carbonyl (C=O) groups is 3. The molecule has 0 aromatic rings. The lowest BCUT2D eigenvalue weighted by atomic mass is 9.83. The van der Waals surface area contributed by atoms with Gasteiger partial charge in [0.2, 0.25) is 11.8 Å². The van der Waals surface area contributed by atoms with Gasteiger partial charge in [-0.05, 0) is 38.0 Å². The van der Waals surface area contributed by atoms with Gasteiger partial charge in [0.15, 0.2) is 0 Å². The predicted octanol–water partition coefficient (Wildman–Crippen LogP) is 4.09. The summed E-state index contributed by atoms with van der Waals surface area (Å²) in [6.07, 6.45) is 6.89. The van der Waals surface area contributed by atoms with Gasteiger partial charge in [-0.25, -0.2) is 4.79 Å². The van der Waals surface area contributed by atoms with Crippen LogP contribution in [0.5, 0.6) is 0 Å². The molecule has 0 heterocycles. The van der Waals surface area contributed by atoms with Crippen LogP contribution in [-0.4, -0.2) is 48.4 Å². The summed E-state index contributed by atoms with van der Waals surface area (Å²) < 4.78 is 5.08. The van der Waals surface area contributed by atoms with Gasteiger partial charge in [-0.3, -0.25) is 9.59 Å². The number of likely N-dealkylation sites (N-methyl/N-ethyl adjacent to an activating group) is 1. The van der Waals surface area contributed by atoms with Crippen molar-refractivity contribution in [1.29, 1.82) is 0 Å². The maximum absolute atomic E-state index is 13.5. The Morgan fingerprint density at radius 2 is 1.70 bits per heavy atom. The highest BCUT2D eigenvalue weighted by Crippen LogP contribution is 2.27. The maximum atomic E-state index is 13.5. The minimum absolute atomic E-state index is 0.00597. The van der Waals surface area contributed by atoms with Crippen molar-refractivity contribution in [2.24, 2.45) is 17.3 Å². The van der Waals surface area contributed by atoms with Crippen molar-refractivity contribution >= 4 is 17.8 Å². The monoisotopic (exact) mass is 422 g/mol. The summed E-state index contributed by atoms with van der Waals surface area (Å²) in [5.74, 6) is -0.442. The first-order valence-corrected chi connectivity index (χ1v) is 11.3. The van der Waals surface area contributed by atoms with E-state index in [1.165, 1.54) is 6.42 Å². The van der Waals surface area contributed by atoms with Crippen molar-refractivity contribution in [2.75, 3.05) is 13.7 Å². The van der Waals surface area contributed by atoms with Gasteiger partial charge in [0.05, 0.1) is 12.6 Å². The number of amides is 2. The lowest BCUT2D eigenvalue weighted by Crippen LogP contribution is -2.57. The van der Waals surface area contributed by atoms with Crippen molar-refractivity contribution in [3.63, 3.8) is 0 Å². The van der Waals surface area contributed by atoms with Crippen LogP contribution in [0.25, 0.3) is 0 Å². The van der Waals surface area contributed by atoms with Crippen LogP contribution in [0.15, 0.2) is 11.6 Å². The lowest BCUT2D eigenvalue weighted by Gasteiger charge is -2.38. The fourth-order valence-electron chi connectivity index (χ4n) is 3.94. The van der Waals surface area contributed by atoms with Crippen LogP contribution in [0.2, 0.25) is 0 Å². The van der Waals surface area contributed by atoms with Crippen LogP contribution in [0.3, 0.4) is 0 Å². The number of nitrogens with zero attached hydrogens (tertiary/aromatic N) is 1. The molecule has 0 aliphatic heterocycles. The largest absolute Gasteiger partial charge is 0.463 e. The third kappa shape index (κ3) is 7.44. The molecule has 0 bridgehead atoms. The topological polar surface area (TPSA) is 75.7 Å². The molecule has 6 heteroatoms. The van der Waals surface area contributed by atoms with Crippen molar-refractivity contribution in [3.8, 4) is 0 Å². The number of hydrogen-bond acceptors (Lipinski definition) is 4. The van der Waals surface area contributed by atoms with E-state index in [-0.39, 0.29) is 35.7 Å². The van der Waals surface area contributed by atoms with Gasteiger partial charge in [0.1, 0.15) is 6.04 Å². The second-order valence-corrected chi connectivity index (χ2v) is 9.90. The van der Waals surface area contributed by atoms with Crippen molar-refractivity contribution in [2.45, 2.75) is 92.7 Å². The quantitative estimate of drug-likeness (QED) is 0.472. The molecule has 2 amide bonds. The maximum Gasteiger partial charge on any atom is 0.333 e. The van der Waals surface area contributed by atoms with Crippen LogP contribution >= 0.6 is 0 Å². The van der Waals surface area contributed by atoms with Gasteiger partial charge in [-0.15, -0.1) is 0 Å². The molecule has 1 aliphatic carbocycles. The minimum atomic E-state index is -0.630. The Kier molecular flexibility index (Phi) is 10.1. The zero-order chi connectivity index (χ0) is 23.1. The molecule has 2 atom stereocenters. The molecule has 0 aromatic carbocycles. The average Bonchev–Trinajstić information content (AvgIpc) is 2.68. The van der Waals surface area contributed by atoms with Crippen LogP contribution in [0, 0.1) is 17.3 Å². The fourth-order valence-corrected chi connectivity index (χ4v) is 3.94. The van der Waals surface area contributed by atoms with E-state index in [0.717, 1.165) is 25.7 Å². The minimum Gasteiger partial charge on any atom is -0.463 e. The van der Waals surface area contributed by atoms with Crippen LogP contribution in [0.4, 0.5) is 0 Å². The Morgan fingerprint density at radius 1 is 1.13 bits per heavy atom. The molecule has 0 unspecified atom stereocenters. The van der Waals surface area contributed by atoms with E-state index in [4.69, 9.17) is 4.74 Å². The summed E-state index contributed by atoms with van der Waals surface area (Å²) in [6, 6.07) is -0.909. The molecule has 0 aromatic heterocycles. The third-order valence-electron chi connectivity index (χ3n) is 5.87. The summed E-state index contributed by atoms with van der Waals surface area (Å²) in [5, 5.41) is 3.06. The van der Waals surface area contributed by atoms with Gasteiger partial charge >= 0.3 is 5.97 Å². The number of carbonyl (C=O) groups excluding carboxylic acids is 3. The standard InChI is InChI=1S/C24H42N2O4/c1-9-30-23(29)17(4)15-19(16(2)3)26(8)22(28)20(24(5,6)7)25-21(27)18-13-11-10-12-14-18/h15-16,18-20H,9-14H2,1-8H3,(H,25,27)/b17-15+/t19-,20-/m1/s1. The van der Waals surface area contributed by atoms with Crippen molar-refractivity contribution < 1.29 is 19.1 Å². The molecule has 30 heavy (non-hydrogen) atoms. The molecule has 0 spiro atoms. The van der Waals surface area contributed by atoms with Gasteiger partial charge < -0.3 is 15.0 Å². The highest BCUT2D eigenvalue weighted by atomic mass is 16.5. The van der Waals surface area contributed by atoms with E-state index in [1.54, 1.807) is 31.9 Å². The molecule has 0 saturated heterocycles. The van der Waals surface area contributed by atoms with Crippen LogP contribution < -0.4 is 5.32 Å². The second kappa shape index (κ2) is 11.5. The molecule has 6 nitrogen and oxygen atoms in total. The van der Waals surface area contributed by atoms with Crippen molar-refractivity contribution in [3.05, 3.63) is 11.6 Å². The molecule has 1 rings (SSSR count). The van der Waals surface area contributed by atoms with Gasteiger partial charge in [-0.2, -0.15) is 0 Å². The molecule has 1 N–H and O–H groups in total. The van der Waals surface area contributed by atoms with Crippen LogP contribution in [0.1, 0.15) is 80.6 Å². The van der Waals surface area contributed by atoms with Gasteiger partial charge in [0, 0.05) is 18.5 Å². The normalized spacial score (nSPS) is 18.0. The zero-order valence-corrected chi connectivity index (χ0v) is 20.2. The summed E-state index contributed by atoms with van der Waals surface area (Å²) in [5.41, 5.74) is 0.0469.